The zero-order chi connectivity index (χ0) is 15.0. The van der Waals surface area contributed by atoms with Crippen LogP contribution in [0.5, 0.6) is 5.75 Å². The highest BCUT2D eigenvalue weighted by atomic mass is 19.1. The van der Waals surface area contributed by atoms with E-state index < -0.39 is 0 Å². The fraction of sp³-hybridized carbons (Fsp3) is 0.533. The van der Waals surface area contributed by atoms with Crippen LogP contribution in [-0.4, -0.2) is 25.2 Å². The number of benzene rings is 1. The molecule has 1 unspecified atom stereocenters. The maximum absolute atomic E-state index is 12.8. The minimum absolute atomic E-state index is 0.120. The maximum atomic E-state index is 12.8. The van der Waals surface area contributed by atoms with Crippen molar-refractivity contribution in [2.75, 3.05) is 13.1 Å². The normalized spacial score (nSPS) is 13.3. The van der Waals surface area contributed by atoms with Gasteiger partial charge in [-0.15, -0.1) is 0 Å². The molecule has 0 aromatic heterocycles. The summed E-state index contributed by atoms with van der Waals surface area (Å²) in [6.07, 6.45) is 0.934. The Bertz CT molecular complexity index is 418. The van der Waals surface area contributed by atoms with Gasteiger partial charge in [0.05, 0.1) is 6.54 Å². The van der Waals surface area contributed by atoms with Gasteiger partial charge in [0.25, 0.3) is 0 Å². The van der Waals surface area contributed by atoms with Crippen molar-refractivity contribution in [2.24, 2.45) is 16.6 Å². The molecule has 0 heterocycles. The third-order valence-corrected chi connectivity index (χ3v) is 2.70. The molecule has 0 aliphatic rings. The highest BCUT2D eigenvalue weighted by molar-refractivity contribution is 5.77. The molecule has 0 amide bonds. The zero-order valence-corrected chi connectivity index (χ0v) is 12.4. The van der Waals surface area contributed by atoms with Crippen LogP contribution in [0.15, 0.2) is 29.3 Å². The summed E-state index contributed by atoms with van der Waals surface area (Å²) in [4.78, 5) is 4.22. The summed E-state index contributed by atoms with van der Waals surface area (Å²) in [6.45, 7) is 7.49. The van der Waals surface area contributed by atoms with Crippen LogP contribution in [0.2, 0.25) is 0 Å². The average molecular weight is 281 g/mol. The maximum Gasteiger partial charge on any atom is 0.188 e. The van der Waals surface area contributed by atoms with Gasteiger partial charge in [-0.3, -0.25) is 0 Å². The highest BCUT2D eigenvalue weighted by Gasteiger charge is 2.04. The molecule has 1 atom stereocenters. The van der Waals surface area contributed by atoms with Crippen LogP contribution in [0.25, 0.3) is 0 Å². The topological polar surface area (TPSA) is 59.6 Å². The van der Waals surface area contributed by atoms with Crippen molar-refractivity contribution in [1.29, 1.82) is 0 Å². The Morgan fingerprint density at radius 1 is 1.30 bits per heavy atom. The molecule has 20 heavy (non-hydrogen) atoms. The molecule has 0 saturated heterocycles. The lowest BCUT2D eigenvalue weighted by atomic mass is 10.1. The fourth-order valence-corrected chi connectivity index (χ4v) is 1.55. The summed E-state index contributed by atoms with van der Waals surface area (Å²) in [7, 11) is 0. The van der Waals surface area contributed by atoms with E-state index in [9.17, 15) is 4.39 Å². The number of nitrogens with two attached hydrogens (primary N) is 1. The predicted molar refractivity (Wildman–Crippen MR) is 80.4 cm³/mol. The van der Waals surface area contributed by atoms with Gasteiger partial charge in [0.15, 0.2) is 5.96 Å². The number of nitrogens with zero attached hydrogens (tertiary/aromatic N) is 1. The molecule has 5 heteroatoms. The molecular weight excluding hydrogens is 257 g/mol. The monoisotopic (exact) mass is 281 g/mol. The minimum atomic E-state index is -0.276. The molecule has 112 valence electrons. The van der Waals surface area contributed by atoms with Crippen molar-refractivity contribution >= 4 is 5.96 Å². The van der Waals surface area contributed by atoms with E-state index in [1.807, 2.05) is 6.92 Å². The first-order valence-electron chi connectivity index (χ1n) is 6.93. The number of rotatable bonds is 7. The molecule has 0 radical (unpaired) electrons. The number of aliphatic imine (C=N–C) groups is 1. The van der Waals surface area contributed by atoms with E-state index in [-0.39, 0.29) is 11.9 Å². The minimum Gasteiger partial charge on any atom is -0.489 e. The van der Waals surface area contributed by atoms with Gasteiger partial charge < -0.3 is 15.8 Å². The summed E-state index contributed by atoms with van der Waals surface area (Å²) >= 11 is 0. The SMILES string of the molecule is CC(C)CCNC(N)=NCC(C)Oc1ccc(F)cc1. The van der Waals surface area contributed by atoms with Gasteiger partial charge in [-0.25, -0.2) is 9.38 Å². The van der Waals surface area contributed by atoms with Crippen LogP contribution in [-0.2, 0) is 0 Å². The highest BCUT2D eigenvalue weighted by Crippen LogP contribution is 2.12. The summed E-state index contributed by atoms with van der Waals surface area (Å²) in [5.74, 6) is 1.42. The smallest absolute Gasteiger partial charge is 0.188 e. The van der Waals surface area contributed by atoms with Gasteiger partial charge in [0.2, 0.25) is 0 Å². The fourth-order valence-electron chi connectivity index (χ4n) is 1.55. The van der Waals surface area contributed by atoms with E-state index in [4.69, 9.17) is 10.5 Å². The molecule has 1 rings (SSSR count). The van der Waals surface area contributed by atoms with E-state index in [0.29, 0.717) is 24.2 Å². The average Bonchev–Trinajstić information content (AvgIpc) is 2.39. The number of guanidine groups is 1. The number of halogens is 1. The van der Waals surface area contributed by atoms with Gasteiger partial charge in [-0.05, 0) is 43.5 Å². The van der Waals surface area contributed by atoms with Crippen molar-refractivity contribution in [3.8, 4) is 5.75 Å². The molecule has 4 nitrogen and oxygen atoms in total. The first-order valence-corrected chi connectivity index (χ1v) is 6.93. The Balaban J connectivity index is 2.30. The first-order chi connectivity index (χ1) is 9.47. The zero-order valence-electron chi connectivity index (χ0n) is 12.4. The number of nitrogens with one attached hydrogen (secondary N) is 1. The quantitative estimate of drug-likeness (QED) is 0.596. The van der Waals surface area contributed by atoms with E-state index in [1.54, 1.807) is 12.1 Å². The van der Waals surface area contributed by atoms with Crippen LogP contribution in [0.1, 0.15) is 27.2 Å². The van der Waals surface area contributed by atoms with E-state index >= 15 is 0 Å². The van der Waals surface area contributed by atoms with E-state index in [1.165, 1.54) is 12.1 Å². The Morgan fingerprint density at radius 2 is 1.95 bits per heavy atom. The number of ether oxygens (including phenoxy) is 1. The van der Waals surface area contributed by atoms with Crippen molar-refractivity contribution < 1.29 is 9.13 Å². The molecular formula is C15H24FN3O. The second-order valence-corrected chi connectivity index (χ2v) is 5.22. The molecule has 3 N–H and O–H groups in total. The first kappa shape index (κ1) is 16.3. The Kier molecular flexibility index (Phi) is 6.84. The third-order valence-electron chi connectivity index (χ3n) is 2.70. The second kappa shape index (κ2) is 8.40. The Hall–Kier alpha value is -1.78. The van der Waals surface area contributed by atoms with Crippen LogP contribution in [0.4, 0.5) is 4.39 Å². The van der Waals surface area contributed by atoms with Crippen LogP contribution in [0.3, 0.4) is 0 Å². The largest absolute Gasteiger partial charge is 0.489 e. The molecule has 1 aromatic carbocycles. The Morgan fingerprint density at radius 3 is 2.55 bits per heavy atom. The van der Waals surface area contributed by atoms with Gasteiger partial charge in [0, 0.05) is 6.54 Å². The van der Waals surface area contributed by atoms with E-state index in [0.717, 1.165) is 13.0 Å². The van der Waals surface area contributed by atoms with Gasteiger partial charge in [-0.1, -0.05) is 13.8 Å². The summed E-state index contributed by atoms with van der Waals surface area (Å²) in [5, 5.41) is 3.06. The van der Waals surface area contributed by atoms with Crippen molar-refractivity contribution in [1.82, 2.24) is 5.32 Å². The second-order valence-electron chi connectivity index (χ2n) is 5.22. The molecule has 0 spiro atoms. The Labute approximate surface area is 120 Å². The molecule has 0 aliphatic heterocycles. The van der Waals surface area contributed by atoms with Crippen LogP contribution < -0.4 is 15.8 Å². The van der Waals surface area contributed by atoms with Crippen LogP contribution in [0, 0.1) is 11.7 Å². The molecule has 0 saturated carbocycles. The van der Waals surface area contributed by atoms with Crippen molar-refractivity contribution in [3.05, 3.63) is 30.1 Å². The lowest BCUT2D eigenvalue weighted by molar-refractivity contribution is 0.230. The van der Waals surface area contributed by atoms with Gasteiger partial charge in [-0.2, -0.15) is 0 Å². The molecule has 0 fully saturated rings. The van der Waals surface area contributed by atoms with Gasteiger partial charge in [0.1, 0.15) is 17.7 Å². The standard InChI is InChI=1S/C15H24FN3O/c1-11(2)8-9-18-15(17)19-10-12(3)20-14-6-4-13(16)5-7-14/h4-7,11-12H,8-10H2,1-3H3,(H3,17,18,19). The summed E-state index contributed by atoms with van der Waals surface area (Å²) in [5.41, 5.74) is 5.76. The van der Waals surface area contributed by atoms with Crippen molar-refractivity contribution in [2.45, 2.75) is 33.3 Å². The predicted octanol–water partition coefficient (Wildman–Crippen LogP) is 2.54. The van der Waals surface area contributed by atoms with Crippen molar-refractivity contribution in [3.63, 3.8) is 0 Å². The molecule has 0 bridgehead atoms. The lowest BCUT2D eigenvalue weighted by Gasteiger charge is -2.13. The third kappa shape index (κ3) is 6.97. The summed E-state index contributed by atoms with van der Waals surface area (Å²) in [6, 6.07) is 5.93. The molecule has 1 aromatic rings. The number of hydrogen-bond donors (Lipinski definition) is 2. The van der Waals surface area contributed by atoms with E-state index in [2.05, 4.69) is 24.2 Å². The van der Waals surface area contributed by atoms with Gasteiger partial charge >= 0.3 is 0 Å². The summed E-state index contributed by atoms with van der Waals surface area (Å²) < 4.78 is 18.4. The van der Waals surface area contributed by atoms with Crippen LogP contribution >= 0.6 is 0 Å². The molecule has 0 aliphatic carbocycles. The lowest BCUT2D eigenvalue weighted by Crippen LogP contribution is -2.34. The number of hydrogen-bond acceptors (Lipinski definition) is 2.